The highest BCUT2D eigenvalue weighted by atomic mass is 16.6. The van der Waals surface area contributed by atoms with E-state index >= 15 is 0 Å². The quantitative estimate of drug-likeness (QED) is 0.400. The number of nitrogens with one attached hydrogen (secondary N) is 1. The first-order chi connectivity index (χ1) is 14.4. The van der Waals surface area contributed by atoms with E-state index in [1.54, 1.807) is 18.2 Å². The Labute approximate surface area is 172 Å². The highest BCUT2D eigenvalue weighted by Crippen LogP contribution is 2.29. The molecule has 8 nitrogen and oxygen atoms in total. The van der Waals surface area contributed by atoms with Crippen LogP contribution in [0.25, 0.3) is 22.1 Å². The Morgan fingerprint density at radius 2 is 1.77 bits per heavy atom. The summed E-state index contributed by atoms with van der Waals surface area (Å²) in [5.74, 6) is 0. The molecule has 1 fully saturated rings. The largest absolute Gasteiger partial charge is 0.422 e. The summed E-state index contributed by atoms with van der Waals surface area (Å²) < 4.78 is 10.7. The molecular weight excluding hydrogens is 390 g/mol. The summed E-state index contributed by atoms with van der Waals surface area (Å²) >= 11 is 0. The standard InChI is InChI=1S/C22H23NO7/c1-11-14-8-7-13(23-18-20(26)19(25)16(10-24)30-22(18)28)9-15(14)29-21(27)17(11)12-5-3-2-4-6-12/h2-9,16,18-20,22-26,28H,10H2,1H3/t16?,18?,19-,20-,22-/m0/s1. The Morgan fingerprint density at radius 3 is 2.47 bits per heavy atom. The highest BCUT2D eigenvalue weighted by molar-refractivity contribution is 5.88. The molecule has 2 aromatic carbocycles. The molecule has 3 aromatic rings. The summed E-state index contributed by atoms with van der Waals surface area (Å²) in [6, 6.07) is 13.3. The highest BCUT2D eigenvalue weighted by Gasteiger charge is 2.43. The zero-order chi connectivity index (χ0) is 21.4. The third kappa shape index (κ3) is 3.60. The molecule has 158 valence electrons. The second-order valence-corrected chi connectivity index (χ2v) is 7.37. The van der Waals surface area contributed by atoms with Crippen LogP contribution in [0.15, 0.2) is 57.7 Å². The van der Waals surface area contributed by atoms with Gasteiger partial charge in [-0.3, -0.25) is 0 Å². The van der Waals surface area contributed by atoms with Crippen molar-refractivity contribution in [2.75, 3.05) is 11.9 Å². The molecule has 5 N–H and O–H groups in total. The average Bonchev–Trinajstić information content (AvgIpc) is 2.74. The first-order valence-corrected chi connectivity index (χ1v) is 9.60. The molecule has 0 spiro atoms. The van der Waals surface area contributed by atoms with Crippen molar-refractivity contribution in [1.82, 2.24) is 0 Å². The number of aliphatic hydroxyl groups is 4. The molecule has 1 aromatic heterocycles. The van der Waals surface area contributed by atoms with E-state index in [9.17, 15) is 25.2 Å². The summed E-state index contributed by atoms with van der Waals surface area (Å²) in [6.07, 6.45) is -5.28. The smallest absolute Gasteiger partial charge is 0.344 e. The van der Waals surface area contributed by atoms with Crippen molar-refractivity contribution in [3.63, 3.8) is 0 Å². The van der Waals surface area contributed by atoms with Gasteiger partial charge in [0, 0.05) is 17.1 Å². The molecule has 5 atom stereocenters. The number of fused-ring (bicyclic) bond motifs is 1. The van der Waals surface area contributed by atoms with E-state index < -0.39 is 42.9 Å². The van der Waals surface area contributed by atoms with E-state index in [-0.39, 0.29) is 0 Å². The van der Waals surface area contributed by atoms with Gasteiger partial charge in [-0.2, -0.15) is 0 Å². The third-order valence-electron chi connectivity index (χ3n) is 5.46. The van der Waals surface area contributed by atoms with Gasteiger partial charge in [0.15, 0.2) is 6.29 Å². The number of hydrogen-bond donors (Lipinski definition) is 5. The van der Waals surface area contributed by atoms with Gasteiger partial charge in [-0.15, -0.1) is 0 Å². The fourth-order valence-corrected chi connectivity index (χ4v) is 3.83. The molecule has 0 amide bonds. The van der Waals surface area contributed by atoms with Crippen LogP contribution in [0.2, 0.25) is 0 Å². The number of aliphatic hydroxyl groups excluding tert-OH is 4. The molecule has 1 aliphatic rings. The normalized spacial score (nSPS) is 26.6. The third-order valence-corrected chi connectivity index (χ3v) is 5.46. The lowest BCUT2D eigenvalue weighted by molar-refractivity contribution is -0.245. The first kappa shape index (κ1) is 20.5. The zero-order valence-corrected chi connectivity index (χ0v) is 16.2. The van der Waals surface area contributed by atoms with Crippen molar-refractivity contribution >= 4 is 16.7 Å². The molecule has 0 saturated carbocycles. The van der Waals surface area contributed by atoms with Crippen molar-refractivity contribution in [2.24, 2.45) is 0 Å². The molecule has 8 heteroatoms. The number of anilines is 1. The number of rotatable bonds is 4. The number of benzene rings is 2. The number of hydrogen-bond acceptors (Lipinski definition) is 8. The van der Waals surface area contributed by atoms with Crippen LogP contribution in [0.3, 0.4) is 0 Å². The summed E-state index contributed by atoms with van der Waals surface area (Å²) in [6.45, 7) is 1.31. The van der Waals surface area contributed by atoms with Crippen LogP contribution in [-0.2, 0) is 4.74 Å². The molecule has 0 aliphatic carbocycles. The monoisotopic (exact) mass is 413 g/mol. The van der Waals surface area contributed by atoms with Crippen LogP contribution in [0.1, 0.15) is 5.56 Å². The van der Waals surface area contributed by atoms with Crippen molar-refractivity contribution < 1.29 is 29.6 Å². The second-order valence-electron chi connectivity index (χ2n) is 7.37. The van der Waals surface area contributed by atoms with Crippen molar-refractivity contribution in [3.05, 3.63) is 64.5 Å². The Bertz CT molecular complexity index is 1100. The number of ether oxygens (including phenoxy) is 1. The predicted octanol–water partition coefficient (Wildman–Crippen LogP) is 0.980. The molecule has 2 heterocycles. The number of aryl methyl sites for hydroxylation is 1. The van der Waals surface area contributed by atoms with Gasteiger partial charge in [-0.25, -0.2) is 4.79 Å². The molecule has 0 radical (unpaired) electrons. The molecule has 1 aliphatic heterocycles. The van der Waals surface area contributed by atoms with Crippen LogP contribution in [0, 0.1) is 6.92 Å². The van der Waals surface area contributed by atoms with E-state index in [1.165, 1.54) is 0 Å². The van der Waals surface area contributed by atoms with Crippen LogP contribution in [0.5, 0.6) is 0 Å². The zero-order valence-electron chi connectivity index (χ0n) is 16.2. The fourth-order valence-electron chi connectivity index (χ4n) is 3.83. The van der Waals surface area contributed by atoms with Gasteiger partial charge < -0.3 is 34.9 Å². The maximum absolute atomic E-state index is 12.6. The van der Waals surface area contributed by atoms with Gasteiger partial charge in [0.05, 0.1) is 12.2 Å². The Morgan fingerprint density at radius 1 is 1.03 bits per heavy atom. The van der Waals surface area contributed by atoms with Gasteiger partial charge >= 0.3 is 5.63 Å². The lowest BCUT2D eigenvalue weighted by Crippen LogP contribution is -2.61. The molecular formula is C22H23NO7. The van der Waals surface area contributed by atoms with E-state index in [1.807, 2.05) is 37.3 Å². The summed E-state index contributed by atoms with van der Waals surface area (Å²) in [5, 5.41) is 43.3. The maximum atomic E-state index is 12.6. The van der Waals surface area contributed by atoms with Crippen molar-refractivity contribution in [3.8, 4) is 11.1 Å². The fraction of sp³-hybridized carbons (Fsp3) is 0.318. The predicted molar refractivity (Wildman–Crippen MR) is 110 cm³/mol. The minimum Gasteiger partial charge on any atom is -0.422 e. The first-order valence-electron chi connectivity index (χ1n) is 9.60. The molecule has 4 rings (SSSR count). The average molecular weight is 413 g/mol. The van der Waals surface area contributed by atoms with E-state index in [4.69, 9.17) is 9.15 Å². The maximum Gasteiger partial charge on any atom is 0.344 e. The minimum absolute atomic E-state index is 0.344. The summed E-state index contributed by atoms with van der Waals surface area (Å²) in [5.41, 5.74) is 2.38. The van der Waals surface area contributed by atoms with E-state index in [2.05, 4.69) is 5.32 Å². The molecule has 30 heavy (non-hydrogen) atoms. The van der Waals surface area contributed by atoms with Gasteiger partial charge in [0.1, 0.15) is 29.9 Å². The van der Waals surface area contributed by atoms with E-state index in [0.29, 0.717) is 16.8 Å². The lowest BCUT2D eigenvalue weighted by Gasteiger charge is -2.40. The van der Waals surface area contributed by atoms with Gasteiger partial charge in [0.2, 0.25) is 0 Å². The van der Waals surface area contributed by atoms with Gasteiger partial charge in [-0.1, -0.05) is 30.3 Å². The van der Waals surface area contributed by atoms with Gasteiger partial charge in [0.25, 0.3) is 0 Å². The minimum atomic E-state index is -1.45. The van der Waals surface area contributed by atoms with Crippen LogP contribution < -0.4 is 10.9 Å². The van der Waals surface area contributed by atoms with Crippen molar-refractivity contribution in [1.29, 1.82) is 0 Å². The van der Waals surface area contributed by atoms with Gasteiger partial charge in [-0.05, 0) is 30.2 Å². The topological polar surface area (TPSA) is 132 Å². The SMILES string of the molecule is Cc1c(-c2ccccc2)c(=O)oc2cc(NC3[C@@H](O)OC(CO)[C@H](O)[C@H]3O)ccc12. The van der Waals surface area contributed by atoms with Crippen LogP contribution >= 0.6 is 0 Å². The molecule has 2 unspecified atom stereocenters. The molecule has 1 saturated heterocycles. The molecule has 0 bridgehead atoms. The Hall–Kier alpha value is -2.75. The van der Waals surface area contributed by atoms with Crippen LogP contribution in [0.4, 0.5) is 5.69 Å². The van der Waals surface area contributed by atoms with Crippen molar-refractivity contribution in [2.45, 2.75) is 37.6 Å². The van der Waals surface area contributed by atoms with Crippen LogP contribution in [-0.4, -0.2) is 57.7 Å². The Kier molecular flexibility index (Phi) is 5.59. The summed E-state index contributed by atoms with van der Waals surface area (Å²) in [4.78, 5) is 12.6. The lowest BCUT2D eigenvalue weighted by atomic mass is 9.96. The van der Waals surface area contributed by atoms with E-state index in [0.717, 1.165) is 16.5 Å². The Balaban J connectivity index is 1.67. The second kappa shape index (κ2) is 8.17. The summed E-state index contributed by atoms with van der Waals surface area (Å²) in [7, 11) is 0.